The summed E-state index contributed by atoms with van der Waals surface area (Å²) >= 11 is 0. The quantitative estimate of drug-likeness (QED) is 0.162. The minimum Gasteiger partial charge on any atom is -0.480 e. The molecule has 0 aliphatic carbocycles. The van der Waals surface area contributed by atoms with E-state index in [1.165, 1.54) is 0 Å². The largest absolute Gasteiger partial charge is 0.480 e. The van der Waals surface area contributed by atoms with Gasteiger partial charge >= 0.3 is 5.97 Å². The Kier molecular flexibility index (Phi) is 10.5. The third-order valence-corrected chi connectivity index (χ3v) is 3.13. The van der Waals surface area contributed by atoms with Crippen molar-refractivity contribution in [2.75, 3.05) is 19.8 Å². The second-order valence-corrected chi connectivity index (χ2v) is 5.15. The van der Waals surface area contributed by atoms with E-state index in [9.17, 15) is 29.1 Å². The van der Waals surface area contributed by atoms with E-state index < -0.39 is 67.5 Å². The van der Waals surface area contributed by atoms with Gasteiger partial charge in [0.15, 0.2) is 0 Å². The molecule has 0 aromatic rings. The number of hydrogen-bond acceptors (Lipinski definition) is 8. The fourth-order valence-electron chi connectivity index (χ4n) is 1.73. The van der Waals surface area contributed by atoms with Gasteiger partial charge in [-0.2, -0.15) is 0 Å². The first kappa shape index (κ1) is 23.2. The average molecular weight is 377 g/mol. The average Bonchev–Trinajstić information content (AvgIpc) is 2.59. The van der Waals surface area contributed by atoms with Gasteiger partial charge in [-0.1, -0.05) is 0 Å². The summed E-state index contributed by atoms with van der Waals surface area (Å²) in [5.41, 5.74) is 9.98. The highest BCUT2D eigenvalue weighted by molar-refractivity contribution is 5.93. The van der Waals surface area contributed by atoms with Crippen LogP contribution in [0.25, 0.3) is 0 Å². The van der Waals surface area contributed by atoms with Gasteiger partial charge in [0.2, 0.25) is 23.6 Å². The molecule has 3 atom stereocenters. The molecule has 0 aliphatic heterocycles. The molecule has 0 aromatic carbocycles. The van der Waals surface area contributed by atoms with Gasteiger partial charge in [-0.3, -0.25) is 19.2 Å². The predicted octanol–water partition coefficient (Wildman–Crippen LogP) is -5.27. The van der Waals surface area contributed by atoms with Crippen LogP contribution in [0, 0.1) is 0 Å². The van der Waals surface area contributed by atoms with Crippen molar-refractivity contribution in [3.05, 3.63) is 0 Å². The second-order valence-electron chi connectivity index (χ2n) is 5.15. The van der Waals surface area contributed by atoms with Crippen molar-refractivity contribution in [1.82, 2.24) is 16.0 Å². The first-order valence-corrected chi connectivity index (χ1v) is 7.49. The van der Waals surface area contributed by atoms with Crippen LogP contribution in [0.3, 0.4) is 0 Å². The summed E-state index contributed by atoms with van der Waals surface area (Å²) in [5, 5.41) is 33.5. The third-order valence-electron chi connectivity index (χ3n) is 3.13. The Morgan fingerprint density at radius 3 is 1.69 bits per heavy atom. The van der Waals surface area contributed by atoms with Gasteiger partial charge in [0, 0.05) is 6.42 Å². The number of aliphatic hydroxyl groups excluding tert-OH is 2. The molecule has 4 amide bonds. The van der Waals surface area contributed by atoms with Crippen LogP contribution in [-0.2, 0) is 24.0 Å². The van der Waals surface area contributed by atoms with Crippen molar-refractivity contribution in [3.8, 4) is 0 Å². The Labute approximate surface area is 148 Å². The van der Waals surface area contributed by atoms with Crippen LogP contribution >= 0.6 is 0 Å². The molecule has 26 heavy (non-hydrogen) atoms. The molecule has 0 bridgehead atoms. The normalized spacial score (nSPS) is 13.8. The first-order valence-electron chi connectivity index (χ1n) is 7.49. The summed E-state index contributed by atoms with van der Waals surface area (Å²) in [6, 6.07) is -4.44. The van der Waals surface area contributed by atoms with E-state index in [0.29, 0.717) is 0 Å². The molecule has 0 aliphatic rings. The van der Waals surface area contributed by atoms with E-state index in [1.807, 2.05) is 5.32 Å². The molecule has 13 nitrogen and oxygen atoms in total. The second kappa shape index (κ2) is 11.7. The van der Waals surface area contributed by atoms with Crippen LogP contribution in [0.2, 0.25) is 0 Å². The predicted molar refractivity (Wildman–Crippen MR) is 85.1 cm³/mol. The molecule has 0 fully saturated rings. The van der Waals surface area contributed by atoms with E-state index in [0.717, 1.165) is 0 Å². The van der Waals surface area contributed by atoms with Gasteiger partial charge in [-0.25, -0.2) is 4.79 Å². The molecule has 0 saturated heterocycles. The lowest BCUT2D eigenvalue weighted by Crippen LogP contribution is -2.58. The lowest BCUT2D eigenvalue weighted by atomic mass is 10.1. The monoisotopic (exact) mass is 377 g/mol. The van der Waals surface area contributed by atoms with Gasteiger partial charge < -0.3 is 42.7 Å². The van der Waals surface area contributed by atoms with Gasteiger partial charge in [0.25, 0.3) is 0 Å². The lowest BCUT2D eigenvalue weighted by molar-refractivity contribution is -0.143. The van der Waals surface area contributed by atoms with Gasteiger partial charge in [-0.05, 0) is 6.42 Å². The van der Waals surface area contributed by atoms with Crippen molar-refractivity contribution in [1.29, 1.82) is 0 Å². The molecular formula is C13H23N5O8. The summed E-state index contributed by atoms with van der Waals surface area (Å²) in [7, 11) is 0. The number of carbonyl (C=O) groups excluding carboxylic acids is 4. The smallest absolute Gasteiger partial charge is 0.326 e. The first-order chi connectivity index (χ1) is 12.2. The number of aliphatic carboxylic acids is 1. The van der Waals surface area contributed by atoms with Gasteiger partial charge in [0.05, 0.1) is 19.8 Å². The summed E-state index contributed by atoms with van der Waals surface area (Å²) in [6.45, 7) is -2.12. The zero-order valence-electron chi connectivity index (χ0n) is 13.8. The Morgan fingerprint density at radius 1 is 0.846 bits per heavy atom. The van der Waals surface area contributed by atoms with E-state index in [2.05, 4.69) is 10.6 Å². The van der Waals surface area contributed by atoms with Crippen LogP contribution in [0.4, 0.5) is 0 Å². The molecule has 0 aromatic heterocycles. The van der Waals surface area contributed by atoms with Crippen molar-refractivity contribution in [2.45, 2.75) is 31.0 Å². The van der Waals surface area contributed by atoms with Crippen molar-refractivity contribution < 1.29 is 39.3 Å². The Bertz CT molecular complexity index is 541. The molecule has 0 saturated carbocycles. The Morgan fingerprint density at radius 2 is 1.31 bits per heavy atom. The molecule has 3 unspecified atom stereocenters. The minimum absolute atomic E-state index is 0.283. The number of primary amides is 1. The maximum atomic E-state index is 12.0. The molecule has 148 valence electrons. The molecule has 10 N–H and O–H groups in total. The fraction of sp³-hybridized carbons (Fsp3) is 0.615. The van der Waals surface area contributed by atoms with Crippen LogP contribution in [0.15, 0.2) is 0 Å². The van der Waals surface area contributed by atoms with Crippen LogP contribution in [0.5, 0.6) is 0 Å². The SMILES string of the molecule is NCC(=O)NC(CO)C(=O)NC(CO)C(=O)NC(CCC(N)=O)C(=O)O. The molecule has 13 heteroatoms. The minimum atomic E-state index is -1.55. The van der Waals surface area contributed by atoms with Crippen LogP contribution < -0.4 is 27.4 Å². The number of carbonyl (C=O) groups is 5. The highest BCUT2D eigenvalue weighted by Gasteiger charge is 2.28. The summed E-state index contributed by atoms with van der Waals surface area (Å²) in [5.74, 6) is -4.97. The number of nitrogens with one attached hydrogen (secondary N) is 3. The van der Waals surface area contributed by atoms with E-state index in [1.54, 1.807) is 0 Å². The number of carboxylic acid groups (broad SMARTS) is 1. The van der Waals surface area contributed by atoms with Gasteiger partial charge in [-0.15, -0.1) is 0 Å². The van der Waals surface area contributed by atoms with Crippen molar-refractivity contribution in [2.24, 2.45) is 11.5 Å². The maximum Gasteiger partial charge on any atom is 0.326 e. The molecule has 0 spiro atoms. The number of carboxylic acids is 1. The fourth-order valence-corrected chi connectivity index (χ4v) is 1.73. The molecule has 0 radical (unpaired) electrons. The summed E-state index contributed by atoms with van der Waals surface area (Å²) in [4.78, 5) is 56.9. The lowest BCUT2D eigenvalue weighted by Gasteiger charge is -2.22. The molecular weight excluding hydrogens is 354 g/mol. The third kappa shape index (κ3) is 8.36. The van der Waals surface area contributed by atoms with Crippen molar-refractivity contribution in [3.63, 3.8) is 0 Å². The zero-order valence-corrected chi connectivity index (χ0v) is 13.8. The Hall–Kier alpha value is -2.77. The van der Waals surface area contributed by atoms with Crippen LogP contribution in [-0.4, -0.2) is 82.8 Å². The van der Waals surface area contributed by atoms with Gasteiger partial charge in [0.1, 0.15) is 18.1 Å². The molecule has 0 heterocycles. The van der Waals surface area contributed by atoms with E-state index >= 15 is 0 Å². The molecule has 0 rings (SSSR count). The van der Waals surface area contributed by atoms with Crippen molar-refractivity contribution >= 4 is 29.6 Å². The number of nitrogens with two attached hydrogens (primary N) is 2. The topological polar surface area (TPSA) is 234 Å². The summed E-state index contributed by atoms with van der Waals surface area (Å²) in [6.07, 6.45) is -0.584. The number of hydrogen-bond donors (Lipinski definition) is 8. The van der Waals surface area contributed by atoms with E-state index in [4.69, 9.17) is 21.7 Å². The highest BCUT2D eigenvalue weighted by atomic mass is 16.4. The number of amides is 4. The number of rotatable bonds is 12. The van der Waals surface area contributed by atoms with E-state index in [-0.39, 0.29) is 12.8 Å². The summed E-state index contributed by atoms with van der Waals surface area (Å²) < 4.78 is 0. The van der Waals surface area contributed by atoms with Crippen LogP contribution in [0.1, 0.15) is 12.8 Å². The maximum absolute atomic E-state index is 12.0. The standard InChI is InChI=1S/C13H23N5O8/c14-3-10(22)16-7(4-19)11(23)18-8(5-20)12(24)17-6(13(25)26)1-2-9(15)21/h6-8,19-20H,1-5,14H2,(H2,15,21)(H,16,22)(H,17,24)(H,18,23)(H,25,26). The highest BCUT2D eigenvalue weighted by Crippen LogP contribution is 1.99. The number of aliphatic hydroxyl groups is 2. The zero-order chi connectivity index (χ0) is 20.3. The Balaban J connectivity index is 4.89.